The molecule has 0 spiro atoms. The zero-order valence-electron chi connectivity index (χ0n) is 11.3. The van der Waals surface area contributed by atoms with E-state index in [0.717, 1.165) is 17.1 Å². The highest BCUT2D eigenvalue weighted by Gasteiger charge is 2.16. The molecule has 0 aromatic carbocycles. The van der Waals surface area contributed by atoms with Crippen LogP contribution in [0.25, 0.3) is 0 Å². The van der Waals surface area contributed by atoms with E-state index in [-0.39, 0.29) is 5.54 Å². The minimum atomic E-state index is -0.0621. The standard InChI is InChI=1S/C13H22N2O2/c1-10-6-12(17-5)7-11(15-10)8-14-13(2,3)9-16-4/h6-7,14H,8-9H2,1-5H3. The van der Waals surface area contributed by atoms with Crippen LogP contribution < -0.4 is 10.1 Å². The van der Waals surface area contributed by atoms with E-state index in [1.165, 1.54) is 0 Å². The Morgan fingerprint density at radius 3 is 2.59 bits per heavy atom. The number of rotatable bonds is 6. The third kappa shape index (κ3) is 4.71. The second kappa shape index (κ2) is 5.98. The van der Waals surface area contributed by atoms with Crippen molar-refractivity contribution in [2.75, 3.05) is 20.8 Å². The van der Waals surface area contributed by atoms with Gasteiger partial charge < -0.3 is 14.8 Å². The Morgan fingerprint density at radius 1 is 1.29 bits per heavy atom. The van der Waals surface area contributed by atoms with Gasteiger partial charge in [0.1, 0.15) is 5.75 Å². The maximum Gasteiger partial charge on any atom is 0.122 e. The molecule has 0 atom stereocenters. The highest BCUT2D eigenvalue weighted by molar-refractivity contribution is 5.26. The van der Waals surface area contributed by atoms with Crippen molar-refractivity contribution >= 4 is 0 Å². The Kier molecular flexibility index (Phi) is 4.90. The number of ether oxygens (including phenoxy) is 2. The Balaban J connectivity index is 2.65. The normalized spacial score (nSPS) is 11.6. The predicted molar refractivity (Wildman–Crippen MR) is 68.3 cm³/mol. The lowest BCUT2D eigenvalue weighted by atomic mass is 10.1. The van der Waals surface area contributed by atoms with Crippen LogP contribution in [0.3, 0.4) is 0 Å². The first-order valence-corrected chi connectivity index (χ1v) is 5.72. The zero-order chi connectivity index (χ0) is 12.9. The zero-order valence-corrected chi connectivity index (χ0v) is 11.3. The van der Waals surface area contributed by atoms with Gasteiger partial charge in [-0.05, 0) is 20.8 Å². The van der Waals surface area contributed by atoms with Crippen molar-refractivity contribution in [3.8, 4) is 5.75 Å². The Morgan fingerprint density at radius 2 is 2.00 bits per heavy atom. The summed E-state index contributed by atoms with van der Waals surface area (Å²) in [5, 5.41) is 3.41. The highest BCUT2D eigenvalue weighted by atomic mass is 16.5. The summed E-state index contributed by atoms with van der Waals surface area (Å²) in [6, 6.07) is 3.87. The van der Waals surface area contributed by atoms with Crippen molar-refractivity contribution < 1.29 is 9.47 Å². The molecule has 0 fully saturated rings. The van der Waals surface area contributed by atoms with Crippen LogP contribution in [0, 0.1) is 6.92 Å². The van der Waals surface area contributed by atoms with Gasteiger partial charge in [-0.1, -0.05) is 0 Å². The summed E-state index contributed by atoms with van der Waals surface area (Å²) in [6.07, 6.45) is 0. The molecule has 0 radical (unpaired) electrons. The van der Waals surface area contributed by atoms with Crippen molar-refractivity contribution in [1.29, 1.82) is 0 Å². The summed E-state index contributed by atoms with van der Waals surface area (Å²) < 4.78 is 10.4. The first-order valence-electron chi connectivity index (χ1n) is 5.72. The maximum atomic E-state index is 5.22. The summed E-state index contributed by atoms with van der Waals surface area (Å²) in [7, 11) is 3.37. The van der Waals surface area contributed by atoms with E-state index in [4.69, 9.17) is 9.47 Å². The van der Waals surface area contributed by atoms with Crippen LogP contribution in [0.2, 0.25) is 0 Å². The van der Waals surface area contributed by atoms with E-state index >= 15 is 0 Å². The lowest BCUT2D eigenvalue weighted by Gasteiger charge is -2.25. The molecule has 4 nitrogen and oxygen atoms in total. The molecule has 0 aliphatic carbocycles. The van der Waals surface area contributed by atoms with Gasteiger partial charge in [0.15, 0.2) is 0 Å². The van der Waals surface area contributed by atoms with Crippen LogP contribution in [-0.4, -0.2) is 31.3 Å². The average molecular weight is 238 g/mol. The number of aromatic nitrogens is 1. The largest absolute Gasteiger partial charge is 0.497 e. The van der Waals surface area contributed by atoms with Crippen LogP contribution in [-0.2, 0) is 11.3 Å². The summed E-state index contributed by atoms with van der Waals surface area (Å²) in [5.74, 6) is 0.846. The van der Waals surface area contributed by atoms with E-state index in [1.54, 1.807) is 14.2 Å². The Hall–Kier alpha value is -1.13. The van der Waals surface area contributed by atoms with Crippen LogP contribution in [0.5, 0.6) is 5.75 Å². The number of nitrogens with one attached hydrogen (secondary N) is 1. The lowest BCUT2D eigenvalue weighted by molar-refractivity contribution is 0.127. The number of aryl methyl sites for hydroxylation is 1. The van der Waals surface area contributed by atoms with Crippen molar-refractivity contribution in [3.05, 3.63) is 23.5 Å². The van der Waals surface area contributed by atoms with Gasteiger partial charge in [-0.2, -0.15) is 0 Å². The van der Waals surface area contributed by atoms with Gasteiger partial charge in [0.25, 0.3) is 0 Å². The molecule has 0 amide bonds. The molecule has 0 unspecified atom stereocenters. The molecule has 4 heteroatoms. The summed E-state index contributed by atoms with van der Waals surface area (Å²) in [5.41, 5.74) is 1.88. The molecule has 1 N–H and O–H groups in total. The maximum absolute atomic E-state index is 5.22. The SMILES string of the molecule is COCC(C)(C)NCc1cc(OC)cc(C)n1. The van der Waals surface area contributed by atoms with E-state index in [0.29, 0.717) is 13.2 Å². The van der Waals surface area contributed by atoms with Crippen LogP contribution in [0.4, 0.5) is 0 Å². The van der Waals surface area contributed by atoms with Crippen molar-refractivity contribution in [2.45, 2.75) is 32.9 Å². The summed E-state index contributed by atoms with van der Waals surface area (Å²) in [4.78, 5) is 4.46. The fraction of sp³-hybridized carbons (Fsp3) is 0.615. The first kappa shape index (κ1) is 13.9. The van der Waals surface area contributed by atoms with Gasteiger partial charge in [-0.3, -0.25) is 4.98 Å². The molecule has 1 aromatic heterocycles. The van der Waals surface area contributed by atoms with E-state index in [2.05, 4.69) is 24.1 Å². The topological polar surface area (TPSA) is 43.4 Å². The highest BCUT2D eigenvalue weighted by Crippen LogP contribution is 2.14. The van der Waals surface area contributed by atoms with Crippen LogP contribution in [0.15, 0.2) is 12.1 Å². The second-order valence-corrected chi connectivity index (χ2v) is 4.81. The van der Waals surface area contributed by atoms with Gasteiger partial charge in [0.2, 0.25) is 0 Å². The molecular weight excluding hydrogens is 216 g/mol. The summed E-state index contributed by atoms with van der Waals surface area (Å²) >= 11 is 0. The minimum absolute atomic E-state index is 0.0621. The predicted octanol–water partition coefficient (Wildman–Crippen LogP) is 1.91. The molecule has 1 heterocycles. The fourth-order valence-corrected chi connectivity index (χ4v) is 1.65. The number of nitrogens with zero attached hydrogens (tertiary/aromatic N) is 1. The van der Waals surface area contributed by atoms with E-state index in [9.17, 15) is 0 Å². The lowest BCUT2D eigenvalue weighted by Crippen LogP contribution is -2.42. The van der Waals surface area contributed by atoms with Crippen LogP contribution >= 0.6 is 0 Å². The molecule has 0 saturated heterocycles. The molecule has 17 heavy (non-hydrogen) atoms. The fourth-order valence-electron chi connectivity index (χ4n) is 1.65. The second-order valence-electron chi connectivity index (χ2n) is 4.81. The molecule has 1 rings (SSSR count). The smallest absolute Gasteiger partial charge is 0.122 e. The number of pyridine rings is 1. The van der Waals surface area contributed by atoms with Gasteiger partial charge in [0.05, 0.1) is 19.4 Å². The molecular formula is C13H22N2O2. The van der Waals surface area contributed by atoms with Crippen molar-refractivity contribution in [2.24, 2.45) is 0 Å². The third-order valence-corrected chi connectivity index (χ3v) is 2.47. The van der Waals surface area contributed by atoms with Crippen LogP contribution in [0.1, 0.15) is 25.2 Å². The van der Waals surface area contributed by atoms with Gasteiger partial charge in [-0.15, -0.1) is 0 Å². The molecule has 0 saturated carbocycles. The monoisotopic (exact) mass is 238 g/mol. The van der Waals surface area contributed by atoms with E-state index in [1.807, 2.05) is 19.1 Å². The molecule has 0 aliphatic heterocycles. The van der Waals surface area contributed by atoms with Gasteiger partial charge >= 0.3 is 0 Å². The number of methoxy groups -OCH3 is 2. The molecule has 0 bridgehead atoms. The van der Waals surface area contributed by atoms with Gasteiger partial charge in [0, 0.05) is 37.0 Å². The Labute approximate surface area is 103 Å². The minimum Gasteiger partial charge on any atom is -0.497 e. The molecule has 0 aliphatic rings. The van der Waals surface area contributed by atoms with E-state index < -0.39 is 0 Å². The van der Waals surface area contributed by atoms with Gasteiger partial charge in [-0.25, -0.2) is 0 Å². The number of hydrogen-bond donors (Lipinski definition) is 1. The first-order chi connectivity index (χ1) is 7.96. The van der Waals surface area contributed by atoms with Crippen molar-refractivity contribution in [3.63, 3.8) is 0 Å². The Bertz CT molecular complexity index is 364. The average Bonchev–Trinajstić information content (AvgIpc) is 2.26. The summed E-state index contributed by atoms with van der Waals surface area (Å²) in [6.45, 7) is 7.53. The third-order valence-electron chi connectivity index (χ3n) is 2.47. The van der Waals surface area contributed by atoms with Crippen molar-refractivity contribution in [1.82, 2.24) is 10.3 Å². The quantitative estimate of drug-likeness (QED) is 0.822. The molecule has 1 aromatic rings. The molecule has 96 valence electrons. The number of hydrogen-bond acceptors (Lipinski definition) is 4.